The number of halogens is 1. The van der Waals surface area contributed by atoms with E-state index in [0.717, 1.165) is 22.0 Å². The molecule has 5 nitrogen and oxygen atoms in total. The molecular formula is C20H23FN2O3S. The fraction of sp³-hybridized carbons (Fsp3) is 0.300. The summed E-state index contributed by atoms with van der Waals surface area (Å²) < 4.78 is 47.2. The number of nitrogens with one attached hydrogen (secondary N) is 2. The standard InChI is InChI=1S/C20H23FN2O3S/c1-13-5-8-18(26-4)19(9-13)27(24,25)23-12-20(2,3)16-11-22-17-7-6-14(21)10-15(16)17/h5-11,22-23H,12H2,1-4H3. The van der Waals surface area contributed by atoms with Crippen molar-refractivity contribution in [1.29, 1.82) is 0 Å². The predicted molar refractivity (Wildman–Crippen MR) is 104 cm³/mol. The Balaban J connectivity index is 1.90. The number of fused-ring (bicyclic) bond motifs is 1. The Bertz CT molecular complexity index is 1090. The first-order valence-corrected chi connectivity index (χ1v) is 10.0. The van der Waals surface area contributed by atoms with Gasteiger partial charge in [0.25, 0.3) is 0 Å². The molecule has 144 valence electrons. The molecule has 2 N–H and O–H groups in total. The fourth-order valence-corrected chi connectivity index (χ4v) is 4.56. The average Bonchev–Trinajstić information content (AvgIpc) is 3.04. The van der Waals surface area contributed by atoms with Crippen LogP contribution in [-0.4, -0.2) is 27.1 Å². The molecule has 3 aromatic rings. The smallest absolute Gasteiger partial charge is 0.244 e. The molecule has 0 bridgehead atoms. The number of benzene rings is 2. The number of ether oxygens (including phenoxy) is 1. The molecule has 27 heavy (non-hydrogen) atoms. The van der Waals surface area contributed by atoms with Crippen LogP contribution in [0.3, 0.4) is 0 Å². The number of aromatic amines is 1. The maximum Gasteiger partial charge on any atom is 0.244 e. The monoisotopic (exact) mass is 390 g/mol. The third-order valence-electron chi connectivity index (χ3n) is 4.69. The summed E-state index contributed by atoms with van der Waals surface area (Å²) in [4.78, 5) is 3.21. The Morgan fingerprint density at radius 3 is 2.63 bits per heavy atom. The normalized spacial score (nSPS) is 12.5. The summed E-state index contributed by atoms with van der Waals surface area (Å²) in [6.07, 6.45) is 1.80. The van der Waals surface area contributed by atoms with Gasteiger partial charge in [-0.15, -0.1) is 0 Å². The van der Waals surface area contributed by atoms with Crippen LogP contribution in [-0.2, 0) is 15.4 Å². The highest BCUT2D eigenvalue weighted by molar-refractivity contribution is 7.89. The van der Waals surface area contributed by atoms with E-state index in [1.807, 2.05) is 20.8 Å². The van der Waals surface area contributed by atoms with Crippen molar-refractivity contribution in [3.8, 4) is 5.75 Å². The molecule has 0 fully saturated rings. The Morgan fingerprint density at radius 2 is 1.93 bits per heavy atom. The van der Waals surface area contributed by atoms with Crippen LogP contribution in [0.4, 0.5) is 4.39 Å². The molecule has 3 rings (SSSR count). The van der Waals surface area contributed by atoms with Gasteiger partial charge in [0.05, 0.1) is 7.11 Å². The van der Waals surface area contributed by atoms with Crippen molar-refractivity contribution in [3.05, 3.63) is 59.5 Å². The van der Waals surface area contributed by atoms with Crippen molar-refractivity contribution in [1.82, 2.24) is 9.71 Å². The summed E-state index contributed by atoms with van der Waals surface area (Å²) in [5.41, 5.74) is 1.91. The molecule has 0 saturated heterocycles. The van der Waals surface area contributed by atoms with Crippen molar-refractivity contribution >= 4 is 20.9 Å². The van der Waals surface area contributed by atoms with E-state index in [4.69, 9.17) is 4.74 Å². The molecule has 1 heterocycles. The highest BCUT2D eigenvalue weighted by atomic mass is 32.2. The molecule has 0 unspecified atom stereocenters. The lowest BCUT2D eigenvalue weighted by atomic mass is 9.85. The average molecular weight is 390 g/mol. The molecule has 0 aliphatic heterocycles. The molecule has 0 radical (unpaired) electrons. The van der Waals surface area contributed by atoms with Crippen LogP contribution >= 0.6 is 0 Å². The van der Waals surface area contributed by atoms with E-state index in [-0.39, 0.29) is 17.3 Å². The quantitative estimate of drug-likeness (QED) is 0.671. The van der Waals surface area contributed by atoms with Crippen molar-refractivity contribution in [2.24, 2.45) is 0 Å². The number of aryl methyl sites for hydroxylation is 1. The lowest BCUT2D eigenvalue weighted by Crippen LogP contribution is -2.36. The molecule has 2 aromatic carbocycles. The van der Waals surface area contributed by atoms with Crippen LogP contribution in [0.2, 0.25) is 0 Å². The summed E-state index contributed by atoms with van der Waals surface area (Å²) in [5.74, 6) is -0.0377. The van der Waals surface area contributed by atoms with Gasteiger partial charge in [-0.05, 0) is 48.4 Å². The van der Waals surface area contributed by atoms with Crippen LogP contribution in [0.5, 0.6) is 5.75 Å². The van der Waals surface area contributed by atoms with Gasteiger partial charge in [0.1, 0.15) is 16.5 Å². The van der Waals surface area contributed by atoms with E-state index < -0.39 is 15.4 Å². The zero-order chi connectivity index (χ0) is 19.8. The molecular weight excluding hydrogens is 367 g/mol. The minimum absolute atomic E-state index is 0.103. The highest BCUT2D eigenvalue weighted by Gasteiger charge is 2.28. The molecule has 0 aliphatic carbocycles. The molecule has 0 aliphatic rings. The molecule has 0 saturated carbocycles. The number of aromatic nitrogens is 1. The van der Waals surface area contributed by atoms with E-state index in [1.54, 1.807) is 30.5 Å². The van der Waals surface area contributed by atoms with Crippen LogP contribution in [0, 0.1) is 12.7 Å². The first-order chi connectivity index (χ1) is 12.6. The summed E-state index contributed by atoms with van der Waals surface area (Å²) in [7, 11) is -2.33. The first-order valence-electron chi connectivity index (χ1n) is 8.55. The van der Waals surface area contributed by atoms with Gasteiger partial charge in [-0.2, -0.15) is 0 Å². The largest absolute Gasteiger partial charge is 0.495 e. The number of hydrogen-bond acceptors (Lipinski definition) is 3. The Hall–Kier alpha value is -2.38. The van der Waals surface area contributed by atoms with Crippen molar-refractivity contribution in [2.45, 2.75) is 31.1 Å². The van der Waals surface area contributed by atoms with Gasteiger partial charge in [-0.3, -0.25) is 0 Å². The number of sulfonamides is 1. The van der Waals surface area contributed by atoms with Crippen molar-refractivity contribution in [3.63, 3.8) is 0 Å². The summed E-state index contributed by atoms with van der Waals surface area (Å²) in [6, 6.07) is 9.53. The molecule has 1 aromatic heterocycles. The zero-order valence-electron chi connectivity index (χ0n) is 15.8. The van der Waals surface area contributed by atoms with E-state index in [0.29, 0.717) is 5.75 Å². The number of H-pyrrole nitrogens is 1. The molecule has 0 spiro atoms. The van der Waals surface area contributed by atoms with Crippen molar-refractivity contribution in [2.75, 3.05) is 13.7 Å². The number of methoxy groups -OCH3 is 1. The Morgan fingerprint density at radius 1 is 1.19 bits per heavy atom. The second kappa shape index (κ2) is 6.98. The van der Waals surface area contributed by atoms with Gasteiger partial charge in [0.15, 0.2) is 0 Å². The first kappa shape index (κ1) is 19.4. The SMILES string of the molecule is COc1ccc(C)cc1S(=O)(=O)NCC(C)(C)c1c[nH]c2ccc(F)cc12. The second-order valence-corrected chi connectivity index (χ2v) is 8.99. The minimum Gasteiger partial charge on any atom is -0.495 e. The second-order valence-electron chi connectivity index (χ2n) is 7.26. The minimum atomic E-state index is -3.77. The Kier molecular flexibility index (Phi) is 5.01. The molecule has 7 heteroatoms. The third-order valence-corrected chi connectivity index (χ3v) is 6.11. The van der Waals surface area contributed by atoms with Crippen LogP contribution in [0.25, 0.3) is 10.9 Å². The van der Waals surface area contributed by atoms with Gasteiger partial charge < -0.3 is 9.72 Å². The summed E-state index contributed by atoms with van der Waals surface area (Å²) in [6.45, 7) is 5.80. The van der Waals surface area contributed by atoms with Gasteiger partial charge in [0.2, 0.25) is 10.0 Å². The lowest BCUT2D eigenvalue weighted by molar-refractivity contribution is 0.401. The van der Waals surface area contributed by atoms with E-state index in [2.05, 4.69) is 9.71 Å². The molecule has 0 amide bonds. The highest BCUT2D eigenvalue weighted by Crippen LogP contribution is 2.31. The van der Waals surface area contributed by atoms with Gasteiger partial charge in [-0.1, -0.05) is 19.9 Å². The van der Waals surface area contributed by atoms with Gasteiger partial charge in [-0.25, -0.2) is 17.5 Å². The van der Waals surface area contributed by atoms with Crippen LogP contribution < -0.4 is 9.46 Å². The number of hydrogen-bond donors (Lipinski definition) is 2. The maximum absolute atomic E-state index is 13.7. The van der Waals surface area contributed by atoms with Gasteiger partial charge in [0, 0.05) is 29.1 Å². The van der Waals surface area contributed by atoms with Crippen LogP contribution in [0.1, 0.15) is 25.0 Å². The Labute approximate surface area is 158 Å². The zero-order valence-corrected chi connectivity index (χ0v) is 16.6. The maximum atomic E-state index is 13.7. The predicted octanol–water partition coefficient (Wildman–Crippen LogP) is 3.88. The summed E-state index contributed by atoms with van der Waals surface area (Å²) in [5, 5.41) is 0.743. The van der Waals surface area contributed by atoms with E-state index >= 15 is 0 Å². The summed E-state index contributed by atoms with van der Waals surface area (Å²) >= 11 is 0. The number of rotatable bonds is 6. The van der Waals surface area contributed by atoms with E-state index in [9.17, 15) is 12.8 Å². The topological polar surface area (TPSA) is 71.2 Å². The third kappa shape index (κ3) is 3.84. The molecule has 0 atom stereocenters. The van der Waals surface area contributed by atoms with E-state index in [1.165, 1.54) is 19.2 Å². The van der Waals surface area contributed by atoms with Crippen molar-refractivity contribution < 1.29 is 17.5 Å². The van der Waals surface area contributed by atoms with Crippen LogP contribution in [0.15, 0.2) is 47.5 Å². The lowest BCUT2D eigenvalue weighted by Gasteiger charge is -2.25. The fourth-order valence-electron chi connectivity index (χ4n) is 3.10. The van der Waals surface area contributed by atoms with Gasteiger partial charge >= 0.3 is 0 Å².